The Balaban J connectivity index is 1.54. The summed E-state index contributed by atoms with van der Waals surface area (Å²) >= 11 is 0. The lowest BCUT2D eigenvalue weighted by Crippen LogP contribution is -2.35. The standard InChI is InChI=1S/C20H24N2O/c1-13-9-14(11-21)12-22(13)20(23)19-10-18(19)17-8-4-6-15-5-2-3-7-16(15)17/h2-8,13-14,18-19H,9-12,21H2,1H3. The minimum atomic E-state index is 0.166. The summed E-state index contributed by atoms with van der Waals surface area (Å²) in [6, 6.07) is 15.3. The summed E-state index contributed by atoms with van der Waals surface area (Å²) in [7, 11) is 0. The van der Waals surface area contributed by atoms with E-state index in [1.807, 2.05) is 0 Å². The SMILES string of the molecule is CC1CC(CN)CN1C(=O)C1CC1c1cccc2ccccc12. The minimum absolute atomic E-state index is 0.166. The van der Waals surface area contributed by atoms with Crippen LogP contribution in [0.3, 0.4) is 0 Å². The Labute approximate surface area is 137 Å². The summed E-state index contributed by atoms with van der Waals surface area (Å²) in [5, 5.41) is 2.56. The van der Waals surface area contributed by atoms with Gasteiger partial charge in [-0.1, -0.05) is 42.5 Å². The van der Waals surface area contributed by atoms with Gasteiger partial charge in [-0.05, 0) is 54.5 Å². The van der Waals surface area contributed by atoms with Crippen LogP contribution in [0.2, 0.25) is 0 Å². The lowest BCUT2D eigenvalue weighted by atomic mass is 10.00. The Kier molecular flexibility index (Phi) is 3.61. The normalized spacial score (nSPS) is 29.9. The van der Waals surface area contributed by atoms with Gasteiger partial charge in [-0.25, -0.2) is 0 Å². The number of amides is 1. The quantitative estimate of drug-likeness (QED) is 0.947. The fourth-order valence-corrected chi connectivity index (χ4v) is 4.22. The highest BCUT2D eigenvalue weighted by molar-refractivity contribution is 5.89. The number of fused-ring (bicyclic) bond motifs is 1. The number of benzene rings is 2. The molecular weight excluding hydrogens is 284 g/mol. The van der Waals surface area contributed by atoms with Crippen LogP contribution in [-0.2, 0) is 4.79 Å². The summed E-state index contributed by atoms with van der Waals surface area (Å²) < 4.78 is 0. The first-order chi connectivity index (χ1) is 11.2. The van der Waals surface area contributed by atoms with Gasteiger partial charge in [-0.3, -0.25) is 4.79 Å². The van der Waals surface area contributed by atoms with Gasteiger partial charge in [-0.2, -0.15) is 0 Å². The van der Waals surface area contributed by atoms with Gasteiger partial charge in [0.15, 0.2) is 0 Å². The number of hydrogen-bond acceptors (Lipinski definition) is 2. The van der Waals surface area contributed by atoms with Gasteiger partial charge < -0.3 is 10.6 Å². The van der Waals surface area contributed by atoms with Crippen LogP contribution >= 0.6 is 0 Å². The van der Waals surface area contributed by atoms with E-state index in [-0.39, 0.29) is 5.92 Å². The molecule has 1 heterocycles. The topological polar surface area (TPSA) is 46.3 Å². The summed E-state index contributed by atoms with van der Waals surface area (Å²) in [5.41, 5.74) is 7.13. The van der Waals surface area contributed by atoms with Crippen LogP contribution in [-0.4, -0.2) is 29.9 Å². The molecule has 2 fully saturated rings. The molecule has 2 aromatic carbocycles. The van der Waals surface area contributed by atoms with Crippen molar-refractivity contribution in [1.82, 2.24) is 4.90 Å². The predicted octanol–water partition coefficient (Wildman–Crippen LogP) is 3.14. The molecular formula is C20H24N2O. The van der Waals surface area contributed by atoms with Gasteiger partial charge in [-0.15, -0.1) is 0 Å². The van der Waals surface area contributed by atoms with E-state index in [1.165, 1.54) is 16.3 Å². The molecule has 1 saturated carbocycles. The molecule has 2 aromatic rings. The van der Waals surface area contributed by atoms with Gasteiger partial charge in [0, 0.05) is 18.5 Å². The Hall–Kier alpha value is -1.87. The fraction of sp³-hybridized carbons (Fsp3) is 0.450. The number of carbonyl (C=O) groups excluding carboxylic acids is 1. The number of hydrogen-bond donors (Lipinski definition) is 1. The highest BCUT2D eigenvalue weighted by Gasteiger charge is 2.48. The lowest BCUT2D eigenvalue weighted by Gasteiger charge is -2.22. The number of likely N-dealkylation sites (tertiary alicyclic amines) is 1. The predicted molar refractivity (Wildman–Crippen MR) is 93.1 cm³/mol. The monoisotopic (exact) mass is 308 g/mol. The van der Waals surface area contributed by atoms with Crippen molar-refractivity contribution >= 4 is 16.7 Å². The number of nitrogens with zero attached hydrogens (tertiary/aromatic N) is 1. The van der Waals surface area contributed by atoms with Crippen molar-refractivity contribution in [2.24, 2.45) is 17.6 Å². The van der Waals surface area contributed by atoms with Gasteiger partial charge in [0.25, 0.3) is 0 Å². The number of rotatable bonds is 3. The molecule has 0 aromatic heterocycles. The van der Waals surface area contributed by atoms with Gasteiger partial charge in [0.2, 0.25) is 5.91 Å². The minimum Gasteiger partial charge on any atom is -0.339 e. The Morgan fingerprint density at radius 3 is 2.74 bits per heavy atom. The second-order valence-electron chi connectivity index (χ2n) is 7.19. The number of carbonyl (C=O) groups is 1. The summed E-state index contributed by atoms with van der Waals surface area (Å²) in [5.74, 6) is 1.37. The van der Waals surface area contributed by atoms with Crippen molar-refractivity contribution < 1.29 is 4.79 Å². The van der Waals surface area contributed by atoms with Gasteiger partial charge in [0.1, 0.15) is 0 Å². The van der Waals surface area contributed by atoms with Crippen molar-refractivity contribution in [1.29, 1.82) is 0 Å². The average Bonchev–Trinajstić information content (AvgIpc) is 3.29. The first-order valence-corrected chi connectivity index (χ1v) is 8.67. The third-order valence-corrected chi connectivity index (χ3v) is 5.61. The van der Waals surface area contributed by atoms with Crippen molar-refractivity contribution in [3.05, 3.63) is 48.0 Å². The van der Waals surface area contributed by atoms with Crippen LogP contribution < -0.4 is 5.73 Å². The largest absolute Gasteiger partial charge is 0.339 e. The average molecular weight is 308 g/mol. The second-order valence-corrected chi connectivity index (χ2v) is 7.19. The van der Waals surface area contributed by atoms with E-state index in [9.17, 15) is 4.79 Å². The molecule has 0 spiro atoms. The molecule has 4 atom stereocenters. The maximum absolute atomic E-state index is 12.9. The Morgan fingerprint density at radius 1 is 1.17 bits per heavy atom. The molecule has 1 amide bonds. The zero-order chi connectivity index (χ0) is 16.0. The van der Waals surface area contributed by atoms with E-state index >= 15 is 0 Å². The molecule has 4 rings (SSSR count). The van der Waals surface area contributed by atoms with E-state index in [2.05, 4.69) is 54.3 Å². The van der Waals surface area contributed by atoms with Crippen LogP contribution in [0.4, 0.5) is 0 Å². The molecule has 23 heavy (non-hydrogen) atoms. The molecule has 2 N–H and O–H groups in total. The summed E-state index contributed by atoms with van der Waals surface area (Å²) in [6.45, 7) is 3.68. The Bertz CT molecular complexity index is 736. The zero-order valence-corrected chi connectivity index (χ0v) is 13.6. The van der Waals surface area contributed by atoms with Crippen LogP contribution in [0, 0.1) is 11.8 Å². The molecule has 2 aliphatic rings. The van der Waals surface area contributed by atoms with Crippen molar-refractivity contribution in [2.75, 3.05) is 13.1 Å². The molecule has 1 saturated heterocycles. The summed E-state index contributed by atoms with van der Waals surface area (Å²) in [6.07, 6.45) is 2.04. The van der Waals surface area contributed by atoms with Crippen molar-refractivity contribution in [3.63, 3.8) is 0 Å². The molecule has 3 nitrogen and oxygen atoms in total. The van der Waals surface area contributed by atoms with E-state index in [4.69, 9.17) is 5.73 Å². The third-order valence-electron chi connectivity index (χ3n) is 5.61. The molecule has 3 heteroatoms. The maximum Gasteiger partial charge on any atom is 0.226 e. The third kappa shape index (κ3) is 2.53. The number of nitrogens with two attached hydrogens (primary N) is 1. The van der Waals surface area contributed by atoms with Crippen molar-refractivity contribution in [2.45, 2.75) is 31.7 Å². The van der Waals surface area contributed by atoms with Crippen LogP contribution in [0.15, 0.2) is 42.5 Å². The first-order valence-electron chi connectivity index (χ1n) is 8.67. The fourth-order valence-electron chi connectivity index (χ4n) is 4.22. The highest BCUT2D eigenvalue weighted by Crippen LogP contribution is 2.51. The lowest BCUT2D eigenvalue weighted by molar-refractivity contribution is -0.133. The van der Waals surface area contributed by atoms with E-state index in [0.717, 1.165) is 19.4 Å². The van der Waals surface area contributed by atoms with E-state index in [1.54, 1.807) is 0 Å². The van der Waals surface area contributed by atoms with Crippen LogP contribution in [0.1, 0.15) is 31.2 Å². The molecule has 0 bridgehead atoms. The smallest absolute Gasteiger partial charge is 0.226 e. The molecule has 0 radical (unpaired) electrons. The highest BCUT2D eigenvalue weighted by atomic mass is 16.2. The molecule has 1 aliphatic carbocycles. The maximum atomic E-state index is 12.9. The van der Waals surface area contributed by atoms with Crippen LogP contribution in [0.25, 0.3) is 10.8 Å². The van der Waals surface area contributed by atoms with E-state index < -0.39 is 0 Å². The first kappa shape index (κ1) is 14.7. The van der Waals surface area contributed by atoms with Crippen molar-refractivity contribution in [3.8, 4) is 0 Å². The second kappa shape index (κ2) is 5.64. The van der Waals surface area contributed by atoms with E-state index in [0.29, 0.717) is 30.3 Å². The van der Waals surface area contributed by atoms with Crippen LogP contribution in [0.5, 0.6) is 0 Å². The van der Waals surface area contributed by atoms with Gasteiger partial charge in [0.05, 0.1) is 0 Å². The Morgan fingerprint density at radius 2 is 1.96 bits per heavy atom. The zero-order valence-electron chi connectivity index (χ0n) is 13.6. The summed E-state index contributed by atoms with van der Waals surface area (Å²) in [4.78, 5) is 15.0. The molecule has 1 aliphatic heterocycles. The molecule has 4 unspecified atom stereocenters. The van der Waals surface area contributed by atoms with Gasteiger partial charge >= 0.3 is 0 Å². The molecule has 120 valence electrons.